The molecule has 0 radical (unpaired) electrons. The third-order valence-electron chi connectivity index (χ3n) is 8.99. The van der Waals surface area contributed by atoms with Crippen molar-refractivity contribution < 1.29 is 5.11 Å². The fraction of sp³-hybridized carbons (Fsp3) is 0.163. The zero-order chi connectivity index (χ0) is 30.5. The lowest BCUT2D eigenvalue weighted by Gasteiger charge is -2.31. The van der Waals surface area contributed by atoms with Crippen LogP contribution in [0.5, 0.6) is 0 Å². The van der Waals surface area contributed by atoms with Crippen molar-refractivity contribution in [2.45, 2.75) is 45.6 Å². The van der Waals surface area contributed by atoms with Crippen LogP contribution in [0.25, 0.3) is 33.4 Å². The SMILES string of the molecule is CCc1ccc(-c2ccc(C(O)(c3ccc(-c4ccc(CC)cc4)cc3)c3ccc(-c4ccc(CC)cc4)cc3)cc2)cc1. The standard InChI is InChI=1S/C43H40O/c1-4-31-7-13-34(14-8-31)37-19-25-40(26-20-37)43(44,41-27-21-38(22-28-41)35-15-9-32(5-2)10-16-35)42-29-23-39(24-30-42)36-17-11-33(6-3)12-18-36/h7-30,44H,4-6H2,1-3H3. The number of hydrogen-bond acceptors (Lipinski definition) is 1. The summed E-state index contributed by atoms with van der Waals surface area (Å²) in [5.41, 5.74) is 12.1. The molecular weight excluding hydrogens is 532 g/mol. The average molecular weight is 573 g/mol. The first-order chi connectivity index (χ1) is 21.5. The van der Waals surface area contributed by atoms with Crippen molar-refractivity contribution in [3.8, 4) is 33.4 Å². The van der Waals surface area contributed by atoms with E-state index in [1.54, 1.807) is 0 Å². The summed E-state index contributed by atoms with van der Waals surface area (Å²) in [7, 11) is 0. The van der Waals surface area contributed by atoms with Gasteiger partial charge in [0.1, 0.15) is 5.60 Å². The minimum absolute atomic E-state index is 0.839. The van der Waals surface area contributed by atoms with Crippen molar-refractivity contribution in [3.63, 3.8) is 0 Å². The smallest absolute Gasteiger partial charge is 0.140 e. The van der Waals surface area contributed by atoms with Crippen LogP contribution in [0.1, 0.15) is 54.2 Å². The molecule has 218 valence electrons. The third-order valence-corrected chi connectivity index (χ3v) is 8.99. The van der Waals surface area contributed by atoms with Gasteiger partial charge in [-0.25, -0.2) is 0 Å². The Bertz CT molecular complexity index is 1570. The molecule has 0 unspecified atom stereocenters. The summed E-state index contributed by atoms with van der Waals surface area (Å²) >= 11 is 0. The van der Waals surface area contributed by atoms with E-state index in [1.807, 2.05) is 0 Å². The number of rotatable bonds is 9. The van der Waals surface area contributed by atoms with Crippen LogP contribution in [0.15, 0.2) is 146 Å². The Kier molecular flexibility index (Phi) is 8.59. The summed E-state index contributed by atoms with van der Waals surface area (Å²) < 4.78 is 0. The molecule has 0 aromatic heterocycles. The highest BCUT2D eigenvalue weighted by Crippen LogP contribution is 2.39. The van der Waals surface area contributed by atoms with E-state index in [0.29, 0.717) is 0 Å². The highest BCUT2D eigenvalue weighted by atomic mass is 16.3. The fourth-order valence-corrected chi connectivity index (χ4v) is 6.01. The van der Waals surface area contributed by atoms with E-state index < -0.39 is 5.60 Å². The molecule has 0 atom stereocenters. The maximum Gasteiger partial charge on any atom is 0.140 e. The van der Waals surface area contributed by atoms with Gasteiger partial charge in [0.2, 0.25) is 0 Å². The van der Waals surface area contributed by atoms with Gasteiger partial charge in [-0.3, -0.25) is 0 Å². The van der Waals surface area contributed by atoms with Crippen LogP contribution >= 0.6 is 0 Å². The van der Waals surface area contributed by atoms with E-state index in [1.165, 1.54) is 33.4 Å². The van der Waals surface area contributed by atoms with Gasteiger partial charge in [0.05, 0.1) is 0 Å². The van der Waals surface area contributed by atoms with Crippen molar-refractivity contribution >= 4 is 0 Å². The van der Waals surface area contributed by atoms with Gasteiger partial charge >= 0.3 is 0 Å². The van der Waals surface area contributed by atoms with Crippen molar-refractivity contribution in [2.75, 3.05) is 0 Å². The van der Waals surface area contributed by atoms with E-state index in [4.69, 9.17) is 0 Å². The summed E-state index contributed by atoms with van der Waals surface area (Å²) in [6.07, 6.45) is 3.08. The second-order valence-corrected chi connectivity index (χ2v) is 11.6. The van der Waals surface area contributed by atoms with Gasteiger partial charge < -0.3 is 5.11 Å². The van der Waals surface area contributed by atoms with Crippen LogP contribution in [-0.4, -0.2) is 5.11 Å². The Morgan fingerprint density at radius 2 is 0.500 bits per heavy atom. The molecule has 1 nitrogen and oxygen atoms in total. The molecule has 6 rings (SSSR count). The molecule has 0 amide bonds. The summed E-state index contributed by atoms with van der Waals surface area (Å²) in [6, 6.07) is 51.3. The minimum atomic E-state index is -1.32. The number of hydrogen-bond donors (Lipinski definition) is 1. The summed E-state index contributed by atoms with van der Waals surface area (Å²) in [6.45, 7) is 6.52. The molecule has 1 N–H and O–H groups in total. The average Bonchev–Trinajstić information content (AvgIpc) is 3.11. The molecule has 6 aromatic carbocycles. The third kappa shape index (κ3) is 5.89. The van der Waals surface area contributed by atoms with Gasteiger partial charge in [0.25, 0.3) is 0 Å². The van der Waals surface area contributed by atoms with Gasteiger partial charge in [-0.15, -0.1) is 0 Å². The van der Waals surface area contributed by atoms with Crippen LogP contribution in [0.3, 0.4) is 0 Å². The zero-order valence-corrected chi connectivity index (χ0v) is 25.9. The Hall–Kier alpha value is -4.72. The van der Waals surface area contributed by atoms with Crippen LogP contribution in [0.4, 0.5) is 0 Å². The monoisotopic (exact) mass is 572 g/mol. The van der Waals surface area contributed by atoms with E-state index in [2.05, 4.69) is 166 Å². The summed E-state index contributed by atoms with van der Waals surface area (Å²) in [5.74, 6) is 0. The number of aryl methyl sites for hydroxylation is 3. The first-order valence-electron chi connectivity index (χ1n) is 15.8. The lowest BCUT2D eigenvalue weighted by molar-refractivity contribution is 0.126. The molecule has 0 fully saturated rings. The molecular formula is C43H40O. The van der Waals surface area contributed by atoms with Gasteiger partial charge in [-0.05, 0) is 86.0 Å². The van der Waals surface area contributed by atoms with E-state index >= 15 is 0 Å². The highest BCUT2D eigenvalue weighted by Gasteiger charge is 2.34. The maximum absolute atomic E-state index is 12.7. The molecule has 0 saturated heterocycles. The van der Waals surface area contributed by atoms with E-state index in [-0.39, 0.29) is 0 Å². The topological polar surface area (TPSA) is 20.2 Å². The zero-order valence-electron chi connectivity index (χ0n) is 25.9. The van der Waals surface area contributed by atoms with E-state index in [9.17, 15) is 5.11 Å². The molecule has 0 aliphatic rings. The predicted octanol–water partition coefficient (Wildman–Crippen LogP) is 10.7. The fourth-order valence-electron chi connectivity index (χ4n) is 6.01. The van der Waals surface area contributed by atoms with Gasteiger partial charge in [-0.1, -0.05) is 166 Å². The summed E-state index contributed by atoms with van der Waals surface area (Å²) in [4.78, 5) is 0. The number of aliphatic hydroxyl groups is 1. The molecule has 44 heavy (non-hydrogen) atoms. The minimum Gasteiger partial charge on any atom is -0.376 e. The molecule has 6 aromatic rings. The van der Waals surface area contributed by atoms with Crippen molar-refractivity contribution in [1.82, 2.24) is 0 Å². The van der Waals surface area contributed by atoms with Crippen LogP contribution < -0.4 is 0 Å². The molecule has 0 aliphatic carbocycles. The normalized spacial score (nSPS) is 11.5. The van der Waals surface area contributed by atoms with Crippen molar-refractivity contribution in [2.24, 2.45) is 0 Å². The predicted molar refractivity (Wildman–Crippen MR) is 186 cm³/mol. The van der Waals surface area contributed by atoms with Crippen molar-refractivity contribution in [1.29, 1.82) is 0 Å². The van der Waals surface area contributed by atoms with Crippen molar-refractivity contribution in [3.05, 3.63) is 179 Å². The molecule has 0 heterocycles. The van der Waals surface area contributed by atoms with Crippen LogP contribution in [-0.2, 0) is 24.9 Å². The first-order valence-corrected chi connectivity index (χ1v) is 15.8. The van der Waals surface area contributed by atoms with Gasteiger partial charge in [-0.2, -0.15) is 0 Å². The molecule has 0 aliphatic heterocycles. The maximum atomic E-state index is 12.7. The quantitative estimate of drug-likeness (QED) is 0.171. The first kappa shape index (κ1) is 29.4. The second-order valence-electron chi connectivity index (χ2n) is 11.6. The largest absolute Gasteiger partial charge is 0.376 e. The Morgan fingerprint density at radius 1 is 0.318 bits per heavy atom. The van der Waals surface area contributed by atoms with Gasteiger partial charge in [0.15, 0.2) is 0 Å². The van der Waals surface area contributed by atoms with E-state index in [0.717, 1.165) is 52.6 Å². The lowest BCUT2D eigenvalue weighted by Crippen LogP contribution is -2.28. The second kappa shape index (κ2) is 12.9. The van der Waals surface area contributed by atoms with Crippen LogP contribution in [0, 0.1) is 0 Å². The summed E-state index contributed by atoms with van der Waals surface area (Å²) in [5, 5.41) is 12.7. The molecule has 0 bridgehead atoms. The van der Waals surface area contributed by atoms with Gasteiger partial charge in [0, 0.05) is 0 Å². The number of benzene rings is 6. The highest BCUT2D eigenvalue weighted by molar-refractivity contribution is 5.68. The Labute approximate surface area is 262 Å². The molecule has 0 spiro atoms. The Balaban J connectivity index is 1.39. The molecule has 0 saturated carbocycles. The molecule has 1 heteroatoms. The Morgan fingerprint density at radius 3 is 0.682 bits per heavy atom. The van der Waals surface area contributed by atoms with Crippen LogP contribution in [0.2, 0.25) is 0 Å². The lowest BCUT2D eigenvalue weighted by atomic mass is 9.79.